The molecule has 2 aromatic rings. The van der Waals surface area contributed by atoms with Crippen molar-refractivity contribution in [3.8, 4) is 5.75 Å². The Morgan fingerprint density at radius 1 is 1.15 bits per heavy atom. The van der Waals surface area contributed by atoms with Crippen LogP contribution in [0.2, 0.25) is 0 Å². The molecule has 0 aliphatic rings. The van der Waals surface area contributed by atoms with Crippen molar-refractivity contribution in [1.82, 2.24) is 9.88 Å². The highest BCUT2D eigenvalue weighted by Gasteiger charge is 2.16. The summed E-state index contributed by atoms with van der Waals surface area (Å²) in [5, 5.41) is 1.16. The zero-order valence-corrected chi connectivity index (χ0v) is 17.1. The first-order chi connectivity index (χ1) is 12.3. The molecule has 2 rings (SSSR count). The zero-order valence-electron chi connectivity index (χ0n) is 17.1. The molecule has 26 heavy (non-hydrogen) atoms. The van der Waals surface area contributed by atoms with Gasteiger partial charge in [-0.2, -0.15) is 0 Å². The summed E-state index contributed by atoms with van der Waals surface area (Å²) < 4.78 is 5.84. The highest BCUT2D eigenvalue weighted by molar-refractivity contribution is 5.85. The third-order valence-electron chi connectivity index (χ3n) is 5.03. The standard InChI is InChI=1S/C22H35N3O/c1-6-7-15-26-20-16-18-17(12-10-13-19(18)24-21(20)23)11-8-9-14-25(5)22(2,3)4/h10,12-13,16H,6-9,11,14-15H2,1-5H3,(H2,23,24). The molecule has 144 valence electrons. The summed E-state index contributed by atoms with van der Waals surface area (Å²) in [4.78, 5) is 6.96. The number of hydrogen-bond acceptors (Lipinski definition) is 4. The van der Waals surface area contributed by atoms with E-state index < -0.39 is 0 Å². The van der Waals surface area contributed by atoms with Crippen LogP contribution in [0.4, 0.5) is 5.82 Å². The van der Waals surface area contributed by atoms with Crippen molar-refractivity contribution in [3.05, 3.63) is 29.8 Å². The highest BCUT2D eigenvalue weighted by Crippen LogP contribution is 2.28. The Bertz CT molecular complexity index is 706. The van der Waals surface area contributed by atoms with Crippen LogP contribution in [0.3, 0.4) is 0 Å². The van der Waals surface area contributed by atoms with E-state index in [0.29, 0.717) is 18.2 Å². The largest absolute Gasteiger partial charge is 0.490 e. The van der Waals surface area contributed by atoms with Crippen molar-refractivity contribution in [2.75, 3.05) is 25.9 Å². The van der Waals surface area contributed by atoms with Crippen LogP contribution in [-0.4, -0.2) is 35.6 Å². The number of nitrogens with zero attached hydrogens (tertiary/aromatic N) is 2. The average Bonchev–Trinajstić information content (AvgIpc) is 2.58. The molecule has 1 aromatic heterocycles. The molecule has 0 bridgehead atoms. The minimum absolute atomic E-state index is 0.228. The van der Waals surface area contributed by atoms with Crippen LogP contribution < -0.4 is 10.5 Å². The lowest BCUT2D eigenvalue weighted by molar-refractivity contribution is 0.173. The van der Waals surface area contributed by atoms with E-state index in [2.05, 4.69) is 62.8 Å². The molecule has 0 fully saturated rings. The SMILES string of the molecule is CCCCOc1cc2c(CCCCN(C)C(C)(C)C)cccc2nc1N. The summed E-state index contributed by atoms with van der Waals surface area (Å²) in [6.07, 6.45) is 5.53. The summed E-state index contributed by atoms with van der Waals surface area (Å²) in [7, 11) is 2.20. The van der Waals surface area contributed by atoms with Crippen molar-refractivity contribution in [2.24, 2.45) is 0 Å². The van der Waals surface area contributed by atoms with Gasteiger partial charge in [-0.05, 0) is 77.7 Å². The molecule has 0 aliphatic heterocycles. The predicted molar refractivity (Wildman–Crippen MR) is 112 cm³/mol. The number of anilines is 1. The Labute approximate surface area is 158 Å². The molecule has 0 atom stereocenters. The molecule has 0 amide bonds. The van der Waals surface area contributed by atoms with Crippen LogP contribution >= 0.6 is 0 Å². The van der Waals surface area contributed by atoms with Crippen LogP contribution in [0.5, 0.6) is 5.75 Å². The summed E-state index contributed by atoms with van der Waals surface area (Å²) >= 11 is 0. The molecule has 0 aliphatic carbocycles. The number of rotatable bonds is 9. The minimum atomic E-state index is 0.228. The number of aryl methyl sites for hydroxylation is 1. The molecule has 1 aromatic carbocycles. The van der Waals surface area contributed by atoms with Crippen LogP contribution in [0.25, 0.3) is 10.9 Å². The molecule has 0 unspecified atom stereocenters. The lowest BCUT2D eigenvalue weighted by atomic mass is 10.0. The van der Waals surface area contributed by atoms with Gasteiger partial charge in [-0.25, -0.2) is 4.98 Å². The van der Waals surface area contributed by atoms with E-state index in [9.17, 15) is 0 Å². The molecular formula is C22H35N3O. The minimum Gasteiger partial charge on any atom is -0.490 e. The maximum absolute atomic E-state index is 6.07. The number of nitrogens with two attached hydrogens (primary N) is 1. The van der Waals surface area contributed by atoms with Crippen LogP contribution in [-0.2, 0) is 6.42 Å². The van der Waals surface area contributed by atoms with Crippen molar-refractivity contribution in [2.45, 2.75) is 65.3 Å². The molecular weight excluding hydrogens is 322 g/mol. The number of pyridine rings is 1. The first kappa shape index (κ1) is 20.5. The number of fused-ring (bicyclic) bond motifs is 1. The fraction of sp³-hybridized carbons (Fsp3) is 0.591. The number of benzene rings is 1. The van der Waals surface area contributed by atoms with Gasteiger partial charge in [0.05, 0.1) is 12.1 Å². The number of aromatic nitrogens is 1. The molecule has 0 spiro atoms. The number of hydrogen-bond donors (Lipinski definition) is 1. The van der Waals surface area contributed by atoms with Gasteiger partial charge in [-0.15, -0.1) is 0 Å². The van der Waals surface area contributed by atoms with E-state index in [4.69, 9.17) is 10.5 Å². The molecule has 2 N–H and O–H groups in total. The number of nitrogen functional groups attached to an aromatic ring is 1. The van der Waals surface area contributed by atoms with Crippen LogP contribution in [0.15, 0.2) is 24.3 Å². The van der Waals surface area contributed by atoms with Crippen molar-refractivity contribution >= 4 is 16.7 Å². The van der Waals surface area contributed by atoms with E-state index in [1.165, 1.54) is 12.0 Å². The smallest absolute Gasteiger partial charge is 0.166 e. The maximum Gasteiger partial charge on any atom is 0.166 e. The zero-order chi connectivity index (χ0) is 19.2. The fourth-order valence-corrected chi connectivity index (χ4v) is 2.91. The van der Waals surface area contributed by atoms with E-state index in [-0.39, 0.29) is 5.54 Å². The summed E-state index contributed by atoms with van der Waals surface area (Å²) in [6, 6.07) is 8.37. The number of ether oxygens (including phenoxy) is 1. The highest BCUT2D eigenvalue weighted by atomic mass is 16.5. The Kier molecular flexibility index (Phi) is 7.27. The van der Waals surface area contributed by atoms with Gasteiger partial charge in [0.25, 0.3) is 0 Å². The Morgan fingerprint density at radius 2 is 1.92 bits per heavy atom. The van der Waals surface area contributed by atoms with E-state index in [1.807, 2.05) is 6.07 Å². The second-order valence-electron chi connectivity index (χ2n) is 8.11. The van der Waals surface area contributed by atoms with Crippen LogP contribution in [0.1, 0.15) is 58.9 Å². The van der Waals surface area contributed by atoms with Gasteiger partial charge in [-0.1, -0.05) is 25.5 Å². The molecule has 0 saturated heterocycles. The normalized spacial score (nSPS) is 12.1. The summed E-state index contributed by atoms with van der Waals surface area (Å²) in [6.45, 7) is 10.7. The summed E-state index contributed by atoms with van der Waals surface area (Å²) in [5.41, 5.74) is 8.58. The van der Waals surface area contributed by atoms with E-state index in [1.54, 1.807) is 0 Å². The lowest BCUT2D eigenvalue weighted by Crippen LogP contribution is -2.38. The second-order valence-corrected chi connectivity index (χ2v) is 8.11. The van der Waals surface area contributed by atoms with Gasteiger partial charge < -0.3 is 15.4 Å². The third-order valence-corrected chi connectivity index (χ3v) is 5.03. The van der Waals surface area contributed by atoms with Gasteiger partial charge in [-0.3, -0.25) is 0 Å². The Morgan fingerprint density at radius 3 is 2.62 bits per heavy atom. The Hall–Kier alpha value is -1.81. The average molecular weight is 358 g/mol. The number of unbranched alkanes of at least 4 members (excludes halogenated alkanes) is 2. The first-order valence-electron chi connectivity index (χ1n) is 9.85. The van der Waals surface area contributed by atoms with Gasteiger partial charge in [0, 0.05) is 10.9 Å². The van der Waals surface area contributed by atoms with Crippen molar-refractivity contribution < 1.29 is 4.74 Å². The predicted octanol–water partition coefficient (Wildman–Crippen LogP) is 5.05. The van der Waals surface area contributed by atoms with Gasteiger partial charge in [0.15, 0.2) is 11.6 Å². The van der Waals surface area contributed by atoms with Gasteiger partial charge in [0.2, 0.25) is 0 Å². The maximum atomic E-state index is 6.07. The van der Waals surface area contributed by atoms with Gasteiger partial charge >= 0.3 is 0 Å². The van der Waals surface area contributed by atoms with Crippen LogP contribution in [0, 0.1) is 0 Å². The summed E-state index contributed by atoms with van der Waals surface area (Å²) in [5.74, 6) is 1.20. The van der Waals surface area contributed by atoms with Crippen molar-refractivity contribution in [3.63, 3.8) is 0 Å². The monoisotopic (exact) mass is 357 g/mol. The molecule has 4 heteroatoms. The van der Waals surface area contributed by atoms with Gasteiger partial charge in [0.1, 0.15) is 0 Å². The topological polar surface area (TPSA) is 51.4 Å². The molecule has 0 saturated carbocycles. The first-order valence-corrected chi connectivity index (χ1v) is 9.85. The second kappa shape index (κ2) is 9.22. The Balaban J connectivity index is 2.06. The molecule has 0 radical (unpaired) electrons. The quantitative estimate of drug-likeness (QED) is 0.638. The third kappa shape index (κ3) is 5.60. The van der Waals surface area contributed by atoms with E-state index >= 15 is 0 Å². The molecule has 4 nitrogen and oxygen atoms in total. The fourth-order valence-electron chi connectivity index (χ4n) is 2.91. The van der Waals surface area contributed by atoms with E-state index in [0.717, 1.165) is 43.1 Å². The van der Waals surface area contributed by atoms with Crippen molar-refractivity contribution in [1.29, 1.82) is 0 Å². The molecule has 1 heterocycles. The lowest BCUT2D eigenvalue weighted by Gasteiger charge is -2.31.